The second-order valence-corrected chi connectivity index (χ2v) is 8.87. The van der Waals surface area contributed by atoms with Crippen molar-refractivity contribution >= 4 is 23.4 Å². The first kappa shape index (κ1) is 25.0. The van der Waals surface area contributed by atoms with Crippen LogP contribution in [0.1, 0.15) is 24.1 Å². The molecule has 0 unspecified atom stereocenters. The Labute approximate surface area is 212 Å². The van der Waals surface area contributed by atoms with Gasteiger partial charge in [-0.05, 0) is 48.4 Å². The number of aromatic nitrogens is 1. The molecule has 0 saturated carbocycles. The van der Waals surface area contributed by atoms with E-state index in [4.69, 9.17) is 18.9 Å². The first-order chi connectivity index (χ1) is 17.4. The number of nitrogens with zero attached hydrogens (tertiary/aromatic N) is 2. The number of ether oxygens (including phenoxy) is 4. The summed E-state index contributed by atoms with van der Waals surface area (Å²) >= 11 is 1.25. The van der Waals surface area contributed by atoms with Gasteiger partial charge in [0.05, 0.1) is 43.2 Å². The highest BCUT2D eigenvalue weighted by atomic mass is 32.1. The number of allylic oxidation sites excluding steroid dienone is 1. The zero-order valence-corrected chi connectivity index (χ0v) is 21.3. The maximum absolute atomic E-state index is 13.7. The van der Waals surface area contributed by atoms with Crippen molar-refractivity contribution in [1.29, 1.82) is 0 Å². The van der Waals surface area contributed by atoms with Crippen molar-refractivity contribution in [1.82, 2.24) is 4.57 Å². The molecule has 0 bridgehead atoms. The Morgan fingerprint density at radius 1 is 1.11 bits per heavy atom. The largest absolute Gasteiger partial charge is 0.497 e. The fourth-order valence-corrected chi connectivity index (χ4v) is 5.03. The minimum absolute atomic E-state index is 0.264. The summed E-state index contributed by atoms with van der Waals surface area (Å²) in [4.78, 5) is 31.5. The van der Waals surface area contributed by atoms with Gasteiger partial charge in [0.25, 0.3) is 5.56 Å². The fourth-order valence-electron chi connectivity index (χ4n) is 3.99. The highest BCUT2D eigenvalue weighted by molar-refractivity contribution is 7.07. The van der Waals surface area contributed by atoms with E-state index in [0.717, 1.165) is 11.1 Å². The van der Waals surface area contributed by atoms with Gasteiger partial charge in [-0.15, -0.1) is 0 Å². The van der Waals surface area contributed by atoms with Gasteiger partial charge in [0, 0.05) is 0 Å². The van der Waals surface area contributed by atoms with Crippen LogP contribution in [0.25, 0.3) is 6.08 Å². The van der Waals surface area contributed by atoms with Crippen LogP contribution < -0.4 is 29.1 Å². The van der Waals surface area contributed by atoms with Crippen LogP contribution in [0.2, 0.25) is 0 Å². The Bertz CT molecular complexity index is 1520. The van der Waals surface area contributed by atoms with Gasteiger partial charge in [0.15, 0.2) is 16.3 Å². The number of fused-ring (bicyclic) bond motifs is 1. The van der Waals surface area contributed by atoms with Gasteiger partial charge in [-0.25, -0.2) is 9.79 Å². The van der Waals surface area contributed by atoms with Crippen LogP contribution in [0.4, 0.5) is 0 Å². The number of carbonyl (C=O) groups excluding carboxylic acids is 1. The number of carbonyl (C=O) groups is 1. The third kappa shape index (κ3) is 4.70. The van der Waals surface area contributed by atoms with E-state index in [1.807, 2.05) is 18.2 Å². The summed E-state index contributed by atoms with van der Waals surface area (Å²) in [6.45, 7) is 5.75. The molecule has 36 heavy (non-hydrogen) atoms. The third-order valence-corrected chi connectivity index (χ3v) is 6.68. The first-order valence-corrected chi connectivity index (χ1v) is 11.9. The lowest BCUT2D eigenvalue weighted by molar-refractivity contribution is -0.136. The molecule has 2 heterocycles. The molecule has 0 saturated heterocycles. The molecule has 186 valence electrons. The number of methoxy groups -OCH3 is 3. The van der Waals surface area contributed by atoms with Crippen LogP contribution >= 0.6 is 11.3 Å². The fraction of sp³-hybridized carbons (Fsp3) is 0.222. The van der Waals surface area contributed by atoms with Crippen LogP contribution in [0.3, 0.4) is 0 Å². The Hall–Kier alpha value is -4.11. The molecular weight excluding hydrogens is 480 g/mol. The van der Waals surface area contributed by atoms with E-state index < -0.39 is 12.0 Å². The number of rotatable bonds is 8. The van der Waals surface area contributed by atoms with Crippen LogP contribution in [0.15, 0.2) is 76.2 Å². The predicted octanol–water partition coefficient (Wildman–Crippen LogP) is 2.99. The molecule has 8 nitrogen and oxygen atoms in total. The average molecular weight is 507 g/mol. The zero-order chi connectivity index (χ0) is 25.8. The molecule has 0 spiro atoms. The van der Waals surface area contributed by atoms with Crippen LogP contribution in [-0.2, 0) is 9.53 Å². The van der Waals surface area contributed by atoms with Crippen LogP contribution in [0, 0.1) is 0 Å². The average Bonchev–Trinajstić information content (AvgIpc) is 3.20. The summed E-state index contributed by atoms with van der Waals surface area (Å²) < 4.78 is 23.4. The maximum Gasteiger partial charge on any atom is 0.338 e. The van der Waals surface area contributed by atoms with Gasteiger partial charge in [0.2, 0.25) is 0 Å². The lowest BCUT2D eigenvalue weighted by Crippen LogP contribution is -2.39. The lowest BCUT2D eigenvalue weighted by atomic mass is 9.96. The van der Waals surface area contributed by atoms with Crippen LogP contribution in [-0.4, -0.2) is 38.5 Å². The normalized spacial score (nSPS) is 15.1. The highest BCUT2D eigenvalue weighted by Gasteiger charge is 2.33. The van der Waals surface area contributed by atoms with E-state index >= 15 is 0 Å². The summed E-state index contributed by atoms with van der Waals surface area (Å²) in [5, 5.41) is 0. The van der Waals surface area contributed by atoms with Crippen molar-refractivity contribution in [3.05, 3.63) is 97.2 Å². The Morgan fingerprint density at radius 3 is 2.50 bits per heavy atom. The number of esters is 1. The maximum atomic E-state index is 13.7. The van der Waals surface area contributed by atoms with Crippen molar-refractivity contribution in [2.45, 2.75) is 13.0 Å². The van der Waals surface area contributed by atoms with E-state index in [1.54, 1.807) is 57.6 Å². The van der Waals surface area contributed by atoms with E-state index in [-0.39, 0.29) is 5.56 Å². The monoisotopic (exact) mass is 506 g/mol. The van der Waals surface area contributed by atoms with Crippen molar-refractivity contribution in [2.24, 2.45) is 4.99 Å². The minimum Gasteiger partial charge on any atom is -0.497 e. The molecule has 0 fully saturated rings. The molecule has 0 amide bonds. The van der Waals surface area contributed by atoms with Crippen molar-refractivity contribution in [3.8, 4) is 17.2 Å². The molecule has 3 aromatic rings. The quantitative estimate of drug-likeness (QED) is 0.345. The van der Waals surface area contributed by atoms with E-state index in [0.29, 0.717) is 44.5 Å². The molecule has 1 atom stereocenters. The topological polar surface area (TPSA) is 88.4 Å². The van der Waals surface area contributed by atoms with Gasteiger partial charge < -0.3 is 18.9 Å². The van der Waals surface area contributed by atoms with Gasteiger partial charge in [-0.2, -0.15) is 0 Å². The molecule has 4 rings (SSSR count). The van der Waals surface area contributed by atoms with Gasteiger partial charge in [0.1, 0.15) is 12.4 Å². The zero-order valence-electron chi connectivity index (χ0n) is 20.4. The molecule has 1 aliphatic heterocycles. The van der Waals surface area contributed by atoms with Gasteiger partial charge in [-0.1, -0.05) is 42.2 Å². The Balaban J connectivity index is 1.87. The summed E-state index contributed by atoms with van der Waals surface area (Å²) in [6.07, 6.45) is 3.42. The molecule has 0 N–H and O–H groups in total. The number of thiazole rings is 1. The Kier molecular flexibility index (Phi) is 7.40. The van der Waals surface area contributed by atoms with Gasteiger partial charge in [-0.3, -0.25) is 9.36 Å². The molecule has 1 aliphatic rings. The Morgan fingerprint density at radius 2 is 1.86 bits per heavy atom. The number of hydrogen-bond acceptors (Lipinski definition) is 8. The van der Waals surface area contributed by atoms with Crippen molar-refractivity contribution in [3.63, 3.8) is 0 Å². The second-order valence-electron chi connectivity index (χ2n) is 7.86. The predicted molar refractivity (Wildman–Crippen MR) is 137 cm³/mol. The molecule has 9 heteroatoms. The van der Waals surface area contributed by atoms with E-state index in [9.17, 15) is 9.59 Å². The van der Waals surface area contributed by atoms with E-state index in [1.165, 1.54) is 23.0 Å². The molecular formula is C27H26N2O6S. The van der Waals surface area contributed by atoms with Crippen molar-refractivity contribution < 1.29 is 23.7 Å². The van der Waals surface area contributed by atoms with Crippen LogP contribution in [0.5, 0.6) is 17.2 Å². The molecule has 0 aliphatic carbocycles. The van der Waals surface area contributed by atoms with Gasteiger partial charge >= 0.3 is 5.97 Å². The van der Waals surface area contributed by atoms with Crippen molar-refractivity contribution in [2.75, 3.05) is 27.9 Å². The minimum atomic E-state index is -0.689. The SMILES string of the molecule is C=CCOc1ccc(/C=c2/sc3n(c2=O)[C@H](c2ccc(OC)cc2)C(C(=O)OC)=C(C)N=3)cc1OC. The summed E-state index contributed by atoms with van der Waals surface area (Å²) in [5.41, 5.74) is 2.05. The first-order valence-electron chi connectivity index (χ1n) is 11.1. The molecule has 0 radical (unpaired) electrons. The standard InChI is InChI=1S/C27H26N2O6S/c1-6-13-35-20-12-7-17(14-21(20)33-4)15-22-25(30)29-24(18-8-10-19(32-3)11-9-18)23(26(31)34-5)16(2)28-27(29)36-22/h6-12,14-15,24H,1,13H2,2-5H3/b22-15+/t24-/m1/s1. The lowest BCUT2D eigenvalue weighted by Gasteiger charge is -2.24. The second kappa shape index (κ2) is 10.7. The van der Waals surface area contributed by atoms with E-state index in [2.05, 4.69) is 11.6 Å². The number of benzene rings is 2. The summed E-state index contributed by atoms with van der Waals surface area (Å²) in [6, 6.07) is 12.0. The summed E-state index contributed by atoms with van der Waals surface area (Å²) in [7, 11) is 4.45. The third-order valence-electron chi connectivity index (χ3n) is 5.70. The number of hydrogen-bond donors (Lipinski definition) is 0. The molecule has 1 aromatic heterocycles. The molecule has 2 aromatic carbocycles. The highest BCUT2D eigenvalue weighted by Crippen LogP contribution is 2.32. The summed E-state index contributed by atoms with van der Waals surface area (Å²) in [5.74, 6) is 1.25. The smallest absolute Gasteiger partial charge is 0.338 e.